The van der Waals surface area contributed by atoms with E-state index in [1.165, 1.54) is 3.28 Å². The molecule has 147 valence electrons. The summed E-state index contributed by atoms with van der Waals surface area (Å²) in [6, 6.07) is 0. The van der Waals surface area contributed by atoms with Crippen molar-refractivity contribution in [1.82, 2.24) is 0 Å². The summed E-state index contributed by atoms with van der Waals surface area (Å²) in [5.74, 6) is 7.23. The molecule has 0 radical (unpaired) electrons. The van der Waals surface area contributed by atoms with Gasteiger partial charge < -0.3 is 0 Å². The molecule has 0 spiro atoms. The van der Waals surface area contributed by atoms with Gasteiger partial charge in [0.25, 0.3) is 0 Å². The molecule has 1 rings (SSSR count). The van der Waals surface area contributed by atoms with Gasteiger partial charge in [-0.05, 0) is 0 Å². The van der Waals surface area contributed by atoms with Crippen molar-refractivity contribution in [3.63, 3.8) is 0 Å². The van der Waals surface area contributed by atoms with Crippen molar-refractivity contribution in [2.45, 2.75) is 103 Å². The Kier molecular flexibility index (Phi) is 6.66. The quantitative estimate of drug-likeness (QED) is 0.407. The molecule has 0 aromatic rings. The van der Waals surface area contributed by atoms with Crippen LogP contribution < -0.4 is 0 Å². The second-order valence-electron chi connectivity index (χ2n) is 11.2. The summed E-state index contributed by atoms with van der Waals surface area (Å²) in [6.07, 6.45) is 7.46. The molecule has 0 heterocycles. The van der Waals surface area contributed by atoms with Crippen LogP contribution in [0.15, 0.2) is 21.5 Å². The molecule has 25 heavy (non-hydrogen) atoms. The van der Waals surface area contributed by atoms with Crippen LogP contribution in [0.4, 0.5) is 0 Å². The van der Waals surface area contributed by atoms with Crippen LogP contribution in [0.2, 0.25) is 17.3 Å². The first-order valence-corrected chi connectivity index (χ1v) is 27.4. The van der Waals surface area contributed by atoms with E-state index in [1.807, 2.05) is 0 Å². The van der Waals surface area contributed by atoms with E-state index in [1.54, 1.807) is 0 Å². The fraction of sp³-hybridized carbons (Fsp3) is 0.800. The van der Waals surface area contributed by atoms with Gasteiger partial charge in [0, 0.05) is 0 Å². The molecule has 0 saturated heterocycles. The van der Waals surface area contributed by atoms with Gasteiger partial charge in [0.05, 0.1) is 0 Å². The van der Waals surface area contributed by atoms with E-state index in [4.69, 9.17) is 8.44 Å². The molecule has 0 atom stereocenters. The molecule has 0 aliphatic heterocycles. The maximum atomic E-state index is 7.15. The van der Waals surface area contributed by atoms with Crippen LogP contribution in [-0.2, 0) is 26.0 Å². The predicted molar refractivity (Wildman–Crippen MR) is 108 cm³/mol. The third-order valence-electron chi connectivity index (χ3n) is 4.09. The Bertz CT molecular complexity index is 508. The van der Waals surface area contributed by atoms with E-state index in [0.29, 0.717) is 0 Å². The molecule has 0 amide bonds. The van der Waals surface area contributed by atoms with Crippen LogP contribution in [0.5, 0.6) is 0 Å². The Balaban J connectivity index is 3.90. The van der Waals surface area contributed by atoms with Crippen molar-refractivity contribution in [1.29, 1.82) is 0 Å². The van der Waals surface area contributed by atoms with Crippen molar-refractivity contribution in [2.24, 2.45) is 0 Å². The van der Waals surface area contributed by atoms with E-state index < -0.39 is 27.1 Å². The molecule has 0 saturated carbocycles. The first-order valence-electron chi connectivity index (χ1n) is 9.44. The molecule has 0 unspecified atom stereocenters. The van der Waals surface area contributed by atoms with Crippen molar-refractivity contribution < 1.29 is 26.0 Å². The summed E-state index contributed by atoms with van der Waals surface area (Å²) >= 11 is -4.76. The number of hydrogen-bond donors (Lipinski definition) is 0. The standard InChI is InChI=1S/C5H5.3C4H9O.C3H9Ge.Zr/c1-2-4-5-3-1;3*1-4(2,3)5;1-4(2)3;/h1-3H,4H2;3*1-3H3;1-3H3;/q;3*-1;;+3. The van der Waals surface area contributed by atoms with Gasteiger partial charge in [-0.2, -0.15) is 0 Å². The monoisotopic (exact) mass is 493 g/mol. The molecule has 0 bridgehead atoms. The van der Waals surface area contributed by atoms with Gasteiger partial charge in [0.2, 0.25) is 0 Å². The molecule has 0 aromatic heterocycles. The van der Waals surface area contributed by atoms with Gasteiger partial charge in [-0.3, -0.25) is 0 Å². The minimum atomic E-state index is -4.76. The maximum absolute atomic E-state index is 7.15. The second-order valence-corrected chi connectivity index (χ2v) is 58.4. The fourth-order valence-corrected chi connectivity index (χ4v) is 56.9. The van der Waals surface area contributed by atoms with Gasteiger partial charge in [-0.25, -0.2) is 0 Å². The third kappa shape index (κ3) is 5.41. The average molecular weight is 493 g/mol. The summed E-state index contributed by atoms with van der Waals surface area (Å²) in [5.41, 5.74) is -0.989. The summed E-state index contributed by atoms with van der Waals surface area (Å²) in [6.45, 7) is 19.2. The normalized spacial score (nSPS) is 18.9. The number of rotatable bonds is 5. The molecule has 1 aliphatic carbocycles. The average Bonchev–Trinajstić information content (AvgIpc) is 2.72. The Morgan fingerprint density at radius 1 is 0.760 bits per heavy atom. The van der Waals surface area contributed by atoms with Crippen molar-refractivity contribution in [2.75, 3.05) is 0 Å². The van der Waals surface area contributed by atoms with Gasteiger partial charge in [0.15, 0.2) is 0 Å². The Labute approximate surface area is 159 Å². The van der Waals surface area contributed by atoms with Gasteiger partial charge in [0.1, 0.15) is 0 Å². The fourth-order valence-electron chi connectivity index (χ4n) is 3.64. The second kappa shape index (κ2) is 6.99. The molecular formula is C20H41GeO3Zr. The molecule has 0 N–H and O–H groups in total. The topological polar surface area (TPSA) is 27.7 Å². The molecular weight excluding hydrogens is 452 g/mol. The molecule has 0 fully saturated rings. The van der Waals surface area contributed by atoms with Gasteiger partial charge in [-0.15, -0.1) is 0 Å². The van der Waals surface area contributed by atoms with E-state index >= 15 is 0 Å². The van der Waals surface area contributed by atoms with Crippen molar-refractivity contribution in [3.05, 3.63) is 21.5 Å². The molecule has 5 heteroatoms. The SMILES string of the molecule is CC(C)(C)[O][Zr]([O]C(C)(C)C)([O]C(C)(C)C)([C]1=CC=CC1)[Ge]([CH3])([CH3])[CH3]. The van der Waals surface area contributed by atoms with Crippen LogP contribution in [0, 0.1) is 0 Å². The van der Waals surface area contributed by atoms with Crippen LogP contribution in [0.25, 0.3) is 0 Å². The van der Waals surface area contributed by atoms with Crippen molar-refractivity contribution in [3.8, 4) is 0 Å². The van der Waals surface area contributed by atoms with Crippen molar-refractivity contribution >= 4 is 9.48 Å². The minimum absolute atomic E-state index is 0.330. The van der Waals surface area contributed by atoms with E-state index in [0.717, 1.165) is 6.42 Å². The van der Waals surface area contributed by atoms with Crippen LogP contribution in [0.3, 0.4) is 0 Å². The predicted octanol–water partition coefficient (Wildman–Crippen LogP) is 6.55. The first kappa shape index (κ1) is 23.8. The molecule has 0 aromatic carbocycles. The number of hydrogen-bond acceptors (Lipinski definition) is 3. The van der Waals surface area contributed by atoms with Crippen LogP contribution in [0.1, 0.15) is 68.7 Å². The number of allylic oxidation sites excluding steroid dienone is 4. The molecule has 1 aliphatic rings. The Hall–Kier alpha value is 0.786. The van der Waals surface area contributed by atoms with E-state index in [2.05, 4.69) is 97.8 Å². The Morgan fingerprint density at radius 3 is 1.32 bits per heavy atom. The summed E-state index contributed by atoms with van der Waals surface area (Å²) in [5, 5.41) is 0. The summed E-state index contributed by atoms with van der Waals surface area (Å²) in [4.78, 5) is 0. The van der Waals surface area contributed by atoms with E-state index in [-0.39, 0.29) is 16.8 Å². The zero-order chi connectivity index (χ0) is 20.0. The third-order valence-corrected chi connectivity index (χ3v) is 61.2. The van der Waals surface area contributed by atoms with Gasteiger partial charge >= 0.3 is 160 Å². The zero-order valence-electron chi connectivity index (χ0n) is 18.7. The van der Waals surface area contributed by atoms with E-state index in [9.17, 15) is 0 Å². The summed E-state index contributed by atoms with van der Waals surface area (Å²) in [7, 11) is -2.67. The van der Waals surface area contributed by atoms with Crippen LogP contribution in [-0.4, -0.2) is 26.3 Å². The zero-order valence-corrected chi connectivity index (χ0v) is 23.2. The first-order chi connectivity index (χ1) is 10.8. The Morgan fingerprint density at radius 2 is 1.12 bits per heavy atom. The molecule has 3 nitrogen and oxygen atoms in total. The van der Waals surface area contributed by atoms with Gasteiger partial charge in [-0.1, -0.05) is 0 Å². The van der Waals surface area contributed by atoms with Crippen LogP contribution >= 0.6 is 0 Å². The summed E-state index contributed by atoms with van der Waals surface area (Å²) < 4.78 is 22.8.